The molecule has 0 aliphatic carbocycles. The van der Waals surface area contributed by atoms with Crippen LogP contribution in [0.15, 0.2) is 85.3 Å². The summed E-state index contributed by atoms with van der Waals surface area (Å²) >= 11 is 0. The lowest BCUT2D eigenvalue weighted by Gasteiger charge is -2.17. The molecule has 0 aliphatic heterocycles. The molecule has 0 bridgehead atoms. The molecule has 0 saturated carbocycles. The summed E-state index contributed by atoms with van der Waals surface area (Å²) in [4.78, 5) is 40.9. The van der Waals surface area contributed by atoms with Crippen LogP contribution in [0.5, 0.6) is 0 Å². The average molecular weight is 426 g/mol. The molecule has 3 aromatic carbocycles. The van der Waals surface area contributed by atoms with Gasteiger partial charge in [-0.05, 0) is 28.0 Å². The van der Waals surface area contributed by atoms with E-state index in [0.717, 1.165) is 21.9 Å². The number of benzene rings is 3. The van der Waals surface area contributed by atoms with E-state index in [1.54, 1.807) is 10.9 Å². The van der Waals surface area contributed by atoms with Crippen molar-refractivity contribution in [1.82, 2.24) is 14.9 Å². The van der Waals surface area contributed by atoms with Gasteiger partial charge in [-0.2, -0.15) is 0 Å². The topological polar surface area (TPSA) is 107 Å². The predicted octanol–water partition coefficient (Wildman–Crippen LogP) is 2.48. The first-order valence-electron chi connectivity index (χ1n) is 10.2. The van der Waals surface area contributed by atoms with Crippen molar-refractivity contribution in [3.8, 4) is 0 Å². The molecule has 0 spiro atoms. The van der Waals surface area contributed by atoms with Gasteiger partial charge >= 0.3 is 0 Å². The molecule has 0 aliphatic rings. The number of nitrogens with one attached hydrogen (secondary N) is 1. The summed E-state index contributed by atoms with van der Waals surface area (Å²) in [6, 6.07) is 22.2. The summed E-state index contributed by atoms with van der Waals surface area (Å²) in [5.41, 5.74) is 7.30. The zero-order valence-corrected chi connectivity index (χ0v) is 17.3. The second-order valence-electron chi connectivity index (χ2n) is 7.53. The van der Waals surface area contributed by atoms with Crippen molar-refractivity contribution in [2.75, 3.05) is 0 Å². The molecule has 4 rings (SSSR count). The van der Waals surface area contributed by atoms with Crippen LogP contribution < -0.4 is 11.1 Å². The van der Waals surface area contributed by atoms with Gasteiger partial charge in [-0.1, -0.05) is 66.7 Å². The Morgan fingerprint density at radius 3 is 2.38 bits per heavy atom. The van der Waals surface area contributed by atoms with Crippen molar-refractivity contribution in [2.45, 2.75) is 19.0 Å². The van der Waals surface area contributed by atoms with Gasteiger partial charge in [0.25, 0.3) is 11.8 Å². The number of amides is 2. The van der Waals surface area contributed by atoms with Gasteiger partial charge < -0.3 is 15.6 Å². The van der Waals surface area contributed by atoms with E-state index in [0.29, 0.717) is 6.54 Å². The van der Waals surface area contributed by atoms with Crippen molar-refractivity contribution in [3.05, 3.63) is 102 Å². The van der Waals surface area contributed by atoms with Crippen LogP contribution in [0.4, 0.5) is 0 Å². The van der Waals surface area contributed by atoms with Gasteiger partial charge in [0.15, 0.2) is 0 Å². The molecule has 1 aromatic heterocycles. The second-order valence-corrected chi connectivity index (χ2v) is 7.53. The number of rotatable bonds is 8. The van der Waals surface area contributed by atoms with Crippen LogP contribution in [-0.4, -0.2) is 33.2 Å². The van der Waals surface area contributed by atoms with Crippen LogP contribution in [0.2, 0.25) is 0 Å². The first-order chi connectivity index (χ1) is 15.5. The van der Waals surface area contributed by atoms with E-state index in [1.807, 2.05) is 66.7 Å². The van der Waals surface area contributed by atoms with E-state index in [1.165, 1.54) is 6.20 Å². The van der Waals surface area contributed by atoms with E-state index >= 15 is 0 Å². The smallest absolute Gasteiger partial charge is 0.287 e. The molecule has 3 N–H and O–H groups in total. The number of carbonyl (C=O) groups excluding carboxylic acids is 3. The molecule has 0 unspecified atom stereocenters. The number of nitrogens with zero attached hydrogens (tertiary/aromatic N) is 2. The van der Waals surface area contributed by atoms with Crippen LogP contribution in [0, 0.1) is 0 Å². The highest BCUT2D eigenvalue weighted by atomic mass is 16.2. The SMILES string of the molecule is NC(=O)C(=O)[C@H](Cc1ccccc1)NC(=O)c1cncn1Cc1ccc2ccccc2c1. The molecule has 0 saturated heterocycles. The highest BCUT2D eigenvalue weighted by Gasteiger charge is 2.26. The van der Waals surface area contributed by atoms with Crippen molar-refractivity contribution < 1.29 is 14.4 Å². The number of ketones is 1. The Morgan fingerprint density at radius 1 is 0.906 bits per heavy atom. The van der Waals surface area contributed by atoms with E-state index in [-0.39, 0.29) is 12.1 Å². The number of imidazole rings is 1. The molecule has 0 radical (unpaired) electrons. The monoisotopic (exact) mass is 426 g/mol. The number of nitrogens with two attached hydrogens (primary N) is 1. The van der Waals surface area contributed by atoms with Gasteiger partial charge in [-0.3, -0.25) is 14.4 Å². The van der Waals surface area contributed by atoms with Gasteiger partial charge in [-0.25, -0.2) is 4.98 Å². The van der Waals surface area contributed by atoms with Gasteiger partial charge in [0, 0.05) is 13.0 Å². The Labute approximate surface area is 184 Å². The second kappa shape index (κ2) is 9.26. The van der Waals surface area contributed by atoms with Crippen LogP contribution >= 0.6 is 0 Å². The Bertz CT molecular complexity index is 1280. The van der Waals surface area contributed by atoms with Crippen LogP contribution in [0.1, 0.15) is 21.6 Å². The lowest BCUT2D eigenvalue weighted by Crippen LogP contribution is -2.47. The molecule has 0 fully saturated rings. The molecule has 1 heterocycles. The first kappa shape index (κ1) is 21.0. The summed E-state index contributed by atoms with van der Waals surface area (Å²) < 4.78 is 1.70. The summed E-state index contributed by atoms with van der Waals surface area (Å²) in [6.07, 6.45) is 3.16. The maximum absolute atomic E-state index is 13.0. The molecule has 1 atom stereocenters. The Morgan fingerprint density at radius 2 is 1.62 bits per heavy atom. The fourth-order valence-electron chi connectivity index (χ4n) is 3.63. The van der Waals surface area contributed by atoms with E-state index in [9.17, 15) is 14.4 Å². The van der Waals surface area contributed by atoms with E-state index in [4.69, 9.17) is 5.73 Å². The Kier molecular flexibility index (Phi) is 6.07. The molecular formula is C25H22N4O3. The molecule has 32 heavy (non-hydrogen) atoms. The minimum absolute atomic E-state index is 0.160. The Balaban J connectivity index is 1.54. The van der Waals surface area contributed by atoms with Crippen molar-refractivity contribution >= 4 is 28.4 Å². The molecule has 4 aromatic rings. The zero-order chi connectivity index (χ0) is 22.5. The third kappa shape index (κ3) is 4.73. The van der Waals surface area contributed by atoms with Crippen molar-refractivity contribution in [1.29, 1.82) is 0 Å². The van der Waals surface area contributed by atoms with Gasteiger partial charge in [0.2, 0.25) is 5.78 Å². The lowest BCUT2D eigenvalue weighted by atomic mass is 10.0. The van der Waals surface area contributed by atoms with Crippen LogP contribution in [0.25, 0.3) is 10.8 Å². The Hall–Kier alpha value is -4.26. The summed E-state index contributed by atoms with van der Waals surface area (Å²) in [6.45, 7) is 0.431. The summed E-state index contributed by atoms with van der Waals surface area (Å²) in [7, 11) is 0. The minimum atomic E-state index is -1.09. The molecule has 2 amide bonds. The fourth-order valence-corrected chi connectivity index (χ4v) is 3.63. The average Bonchev–Trinajstić information content (AvgIpc) is 3.27. The number of carbonyl (C=O) groups is 3. The lowest BCUT2D eigenvalue weighted by molar-refractivity contribution is -0.137. The molecular weight excluding hydrogens is 404 g/mol. The van der Waals surface area contributed by atoms with Gasteiger partial charge in [0.05, 0.1) is 12.5 Å². The fraction of sp³-hybridized carbons (Fsp3) is 0.120. The largest absolute Gasteiger partial charge is 0.363 e. The number of Topliss-reactive ketones (excluding diaryl/α,β-unsaturated/α-hetero) is 1. The number of hydrogen-bond donors (Lipinski definition) is 2. The van der Waals surface area contributed by atoms with Crippen molar-refractivity contribution in [3.63, 3.8) is 0 Å². The molecule has 7 heteroatoms. The third-order valence-corrected chi connectivity index (χ3v) is 5.26. The highest BCUT2D eigenvalue weighted by Crippen LogP contribution is 2.17. The maximum atomic E-state index is 13.0. The normalized spacial score (nSPS) is 11.8. The van der Waals surface area contributed by atoms with Crippen LogP contribution in [0.3, 0.4) is 0 Å². The highest BCUT2D eigenvalue weighted by molar-refractivity contribution is 6.38. The number of hydrogen-bond acceptors (Lipinski definition) is 4. The van der Waals surface area contributed by atoms with E-state index < -0.39 is 23.6 Å². The third-order valence-electron chi connectivity index (χ3n) is 5.26. The van der Waals surface area contributed by atoms with Gasteiger partial charge in [0.1, 0.15) is 11.7 Å². The first-order valence-corrected chi connectivity index (χ1v) is 10.2. The summed E-state index contributed by atoms with van der Waals surface area (Å²) in [5, 5.41) is 4.89. The maximum Gasteiger partial charge on any atom is 0.287 e. The number of aromatic nitrogens is 2. The van der Waals surface area contributed by atoms with E-state index in [2.05, 4.69) is 16.4 Å². The quantitative estimate of drug-likeness (QED) is 0.422. The number of fused-ring (bicyclic) bond motifs is 1. The van der Waals surface area contributed by atoms with Gasteiger partial charge in [-0.15, -0.1) is 0 Å². The standard InChI is InChI=1S/C25H22N4O3/c26-24(31)23(30)21(13-17-6-2-1-3-7-17)28-25(32)22-14-27-16-29(22)15-18-10-11-19-8-4-5-9-20(19)12-18/h1-12,14,16,21H,13,15H2,(H2,26,31)(H,28,32)/t21-/m0/s1. The van der Waals surface area contributed by atoms with Crippen LogP contribution in [-0.2, 0) is 22.6 Å². The minimum Gasteiger partial charge on any atom is -0.363 e. The number of primary amides is 1. The molecule has 7 nitrogen and oxygen atoms in total. The predicted molar refractivity (Wildman–Crippen MR) is 121 cm³/mol. The van der Waals surface area contributed by atoms with Crippen molar-refractivity contribution in [2.24, 2.45) is 5.73 Å². The summed E-state index contributed by atoms with van der Waals surface area (Å²) in [5.74, 6) is -2.43. The zero-order valence-electron chi connectivity index (χ0n) is 17.3. The molecule has 160 valence electrons.